The van der Waals surface area contributed by atoms with Gasteiger partial charge in [0, 0.05) is 17.5 Å². The molecule has 2 aromatic rings. The van der Waals surface area contributed by atoms with E-state index in [0.29, 0.717) is 24.9 Å². The van der Waals surface area contributed by atoms with E-state index in [-0.39, 0.29) is 35.9 Å². The average molecular weight is 504 g/mol. The van der Waals surface area contributed by atoms with E-state index in [1.807, 2.05) is 26.8 Å². The largest absolute Gasteiger partial charge is 0.466 e. The first-order chi connectivity index (χ1) is 12.5. The number of aliphatic imine (C=N–C) groups is 1. The number of aliphatic hydroxyl groups is 1. The van der Waals surface area contributed by atoms with E-state index in [1.54, 1.807) is 13.1 Å². The van der Waals surface area contributed by atoms with Crippen molar-refractivity contribution in [3.8, 4) is 0 Å². The zero-order valence-electron chi connectivity index (χ0n) is 17.8. The molecule has 158 valence electrons. The molecular formula is C20H33IN4O3. The third kappa shape index (κ3) is 6.51. The van der Waals surface area contributed by atoms with Crippen molar-refractivity contribution >= 4 is 29.9 Å². The maximum absolute atomic E-state index is 10.8. The molecule has 0 aromatic carbocycles. The molecule has 8 heteroatoms. The molecule has 0 radical (unpaired) electrons. The molecule has 0 amide bonds. The molecule has 0 aliphatic carbocycles. The van der Waals surface area contributed by atoms with E-state index in [4.69, 9.17) is 8.83 Å². The monoisotopic (exact) mass is 504 g/mol. The average Bonchev–Trinajstić information content (AvgIpc) is 3.16. The van der Waals surface area contributed by atoms with Crippen molar-refractivity contribution < 1.29 is 13.9 Å². The summed E-state index contributed by atoms with van der Waals surface area (Å²) in [5.41, 5.74) is -0.400. The lowest BCUT2D eigenvalue weighted by Crippen LogP contribution is -2.44. The minimum Gasteiger partial charge on any atom is -0.466 e. The molecule has 7 nitrogen and oxygen atoms in total. The molecule has 2 aromatic heterocycles. The van der Waals surface area contributed by atoms with Crippen LogP contribution in [-0.4, -0.2) is 29.1 Å². The third-order valence-electron chi connectivity index (χ3n) is 4.23. The molecule has 0 bridgehead atoms. The minimum absolute atomic E-state index is 0. The van der Waals surface area contributed by atoms with Crippen LogP contribution < -0.4 is 10.6 Å². The fraction of sp³-hybridized carbons (Fsp3) is 0.600. The molecule has 2 heterocycles. The van der Waals surface area contributed by atoms with Gasteiger partial charge >= 0.3 is 0 Å². The Kier molecular flexibility index (Phi) is 8.55. The molecular weight excluding hydrogens is 471 g/mol. The van der Waals surface area contributed by atoms with E-state index in [2.05, 4.69) is 41.4 Å². The highest BCUT2D eigenvalue weighted by Crippen LogP contribution is 2.26. The van der Waals surface area contributed by atoms with E-state index < -0.39 is 5.60 Å². The molecule has 2 rings (SSSR count). The standard InChI is InChI=1S/C20H32N4O3.HI/c1-8-21-18(23-11-17-22-10-16(27-17)19(4,5)6)24-12-20(7,25)15-9-13(2)26-14(15)3;/h9-10,25H,8,11-12H2,1-7H3,(H2,21,23,24);1H. The number of hydrogen-bond donors (Lipinski definition) is 3. The molecule has 0 aliphatic rings. The van der Waals surface area contributed by atoms with E-state index in [1.165, 1.54) is 0 Å². The van der Waals surface area contributed by atoms with Gasteiger partial charge in [-0.3, -0.25) is 0 Å². The minimum atomic E-state index is -1.08. The molecule has 1 unspecified atom stereocenters. The predicted molar refractivity (Wildman–Crippen MR) is 121 cm³/mol. The first kappa shape index (κ1) is 24.5. The number of guanidine groups is 1. The number of aryl methyl sites for hydroxylation is 2. The summed E-state index contributed by atoms with van der Waals surface area (Å²) in [6.45, 7) is 15.0. The van der Waals surface area contributed by atoms with Gasteiger partial charge in [0.15, 0.2) is 5.96 Å². The van der Waals surface area contributed by atoms with Crippen LogP contribution in [0.15, 0.2) is 26.1 Å². The quantitative estimate of drug-likeness (QED) is 0.315. The fourth-order valence-corrected chi connectivity index (χ4v) is 2.74. The van der Waals surface area contributed by atoms with Crippen LogP contribution in [0.2, 0.25) is 0 Å². The molecule has 28 heavy (non-hydrogen) atoms. The Labute approximate surface area is 184 Å². The summed E-state index contributed by atoms with van der Waals surface area (Å²) in [6.07, 6.45) is 1.75. The summed E-state index contributed by atoms with van der Waals surface area (Å²) in [5, 5.41) is 17.2. The Hall–Kier alpha value is -1.55. The van der Waals surface area contributed by atoms with Crippen LogP contribution in [0, 0.1) is 13.8 Å². The van der Waals surface area contributed by atoms with Crippen LogP contribution in [0.1, 0.15) is 63.4 Å². The van der Waals surface area contributed by atoms with Gasteiger partial charge in [-0.05, 0) is 33.8 Å². The summed E-state index contributed by atoms with van der Waals surface area (Å²) in [6, 6.07) is 1.86. The number of halogens is 1. The van der Waals surface area contributed by atoms with E-state index in [9.17, 15) is 5.11 Å². The van der Waals surface area contributed by atoms with Gasteiger partial charge in [-0.2, -0.15) is 0 Å². The maximum Gasteiger partial charge on any atom is 0.216 e. The second kappa shape index (κ2) is 9.78. The first-order valence-corrected chi connectivity index (χ1v) is 9.30. The van der Waals surface area contributed by atoms with Crippen molar-refractivity contribution in [2.75, 3.05) is 13.1 Å². The van der Waals surface area contributed by atoms with Gasteiger partial charge < -0.3 is 24.6 Å². The topological polar surface area (TPSA) is 95.8 Å². The molecule has 0 aliphatic heterocycles. The number of furan rings is 1. The molecule has 0 fully saturated rings. The Morgan fingerprint density at radius 2 is 1.86 bits per heavy atom. The SMILES string of the molecule is CCNC(=NCc1ncc(C(C)(C)C)o1)NCC(C)(O)c1cc(C)oc1C.I. The van der Waals surface area contributed by atoms with Gasteiger partial charge in [0.05, 0.1) is 12.7 Å². The zero-order chi connectivity index (χ0) is 20.2. The van der Waals surface area contributed by atoms with Crippen LogP contribution in [-0.2, 0) is 17.6 Å². The van der Waals surface area contributed by atoms with Crippen LogP contribution in [0.25, 0.3) is 0 Å². The number of rotatable bonds is 6. The Balaban J connectivity index is 0.00000392. The molecule has 0 spiro atoms. The van der Waals surface area contributed by atoms with Gasteiger partial charge in [0.2, 0.25) is 5.89 Å². The lowest BCUT2D eigenvalue weighted by molar-refractivity contribution is 0.0601. The lowest BCUT2D eigenvalue weighted by Gasteiger charge is -2.24. The normalized spacial score (nSPS) is 14.4. The smallest absolute Gasteiger partial charge is 0.216 e. The molecule has 3 N–H and O–H groups in total. The van der Waals surface area contributed by atoms with Crippen molar-refractivity contribution in [2.45, 2.75) is 66.0 Å². The van der Waals surface area contributed by atoms with Crippen molar-refractivity contribution in [3.05, 3.63) is 41.0 Å². The van der Waals surface area contributed by atoms with Crippen LogP contribution in [0.5, 0.6) is 0 Å². The zero-order valence-corrected chi connectivity index (χ0v) is 20.2. The number of oxazole rings is 1. The second-order valence-corrected chi connectivity index (χ2v) is 8.02. The van der Waals surface area contributed by atoms with Crippen molar-refractivity contribution in [3.63, 3.8) is 0 Å². The summed E-state index contributed by atoms with van der Waals surface area (Å²) in [5.74, 6) is 3.48. The predicted octanol–water partition coefficient (Wildman–Crippen LogP) is 3.76. The third-order valence-corrected chi connectivity index (χ3v) is 4.23. The Bertz CT molecular complexity index is 788. The summed E-state index contributed by atoms with van der Waals surface area (Å²) >= 11 is 0. The highest BCUT2D eigenvalue weighted by molar-refractivity contribution is 14.0. The molecule has 0 saturated carbocycles. The molecule has 1 atom stereocenters. The number of nitrogens with one attached hydrogen (secondary N) is 2. The van der Waals surface area contributed by atoms with Crippen LogP contribution in [0.4, 0.5) is 0 Å². The van der Waals surface area contributed by atoms with E-state index >= 15 is 0 Å². The first-order valence-electron chi connectivity index (χ1n) is 9.30. The lowest BCUT2D eigenvalue weighted by atomic mass is 9.94. The van der Waals surface area contributed by atoms with Crippen molar-refractivity contribution in [1.29, 1.82) is 0 Å². The Morgan fingerprint density at radius 1 is 1.18 bits per heavy atom. The van der Waals surface area contributed by atoms with Crippen LogP contribution in [0.3, 0.4) is 0 Å². The van der Waals surface area contributed by atoms with Crippen molar-refractivity contribution in [1.82, 2.24) is 15.6 Å². The second-order valence-electron chi connectivity index (χ2n) is 8.02. The maximum atomic E-state index is 10.8. The highest BCUT2D eigenvalue weighted by atomic mass is 127. The van der Waals surface area contributed by atoms with Gasteiger partial charge in [-0.1, -0.05) is 20.8 Å². The van der Waals surface area contributed by atoms with Crippen LogP contribution >= 0.6 is 24.0 Å². The van der Waals surface area contributed by atoms with Gasteiger partial charge in [0.1, 0.15) is 29.4 Å². The summed E-state index contributed by atoms with van der Waals surface area (Å²) in [4.78, 5) is 8.80. The van der Waals surface area contributed by atoms with Crippen molar-refractivity contribution in [2.24, 2.45) is 4.99 Å². The number of nitrogens with zero attached hydrogens (tertiary/aromatic N) is 2. The fourth-order valence-electron chi connectivity index (χ4n) is 2.74. The van der Waals surface area contributed by atoms with E-state index in [0.717, 1.165) is 22.8 Å². The Morgan fingerprint density at radius 3 is 2.36 bits per heavy atom. The van der Waals surface area contributed by atoms with Gasteiger partial charge in [0.25, 0.3) is 0 Å². The van der Waals surface area contributed by atoms with Gasteiger partial charge in [-0.15, -0.1) is 24.0 Å². The van der Waals surface area contributed by atoms with Gasteiger partial charge in [-0.25, -0.2) is 9.98 Å². The summed E-state index contributed by atoms with van der Waals surface area (Å²) < 4.78 is 11.3. The number of hydrogen-bond acceptors (Lipinski definition) is 5. The highest BCUT2D eigenvalue weighted by Gasteiger charge is 2.28. The molecule has 0 saturated heterocycles. The number of aromatic nitrogens is 1. The summed E-state index contributed by atoms with van der Waals surface area (Å²) in [7, 11) is 0.